The smallest absolute Gasteiger partial charge is 0.213 e. The van der Waals surface area contributed by atoms with E-state index in [0.29, 0.717) is 24.4 Å². The molecule has 1 aliphatic carbocycles. The van der Waals surface area contributed by atoms with Crippen LogP contribution in [0.15, 0.2) is 42.6 Å². The van der Waals surface area contributed by atoms with E-state index in [0.717, 1.165) is 37.5 Å². The van der Waals surface area contributed by atoms with Gasteiger partial charge >= 0.3 is 0 Å². The first-order chi connectivity index (χ1) is 11.8. The molecule has 1 saturated carbocycles. The maximum absolute atomic E-state index is 6.03. The molecule has 0 aromatic carbocycles. The number of hydrogen-bond donors (Lipinski definition) is 0. The van der Waals surface area contributed by atoms with E-state index in [2.05, 4.69) is 22.0 Å². The summed E-state index contributed by atoms with van der Waals surface area (Å²) < 4.78 is 11.9. The average molecular weight is 325 g/mol. The summed E-state index contributed by atoms with van der Waals surface area (Å²) in [4.78, 5) is 11.4. The van der Waals surface area contributed by atoms with Crippen molar-refractivity contribution in [2.45, 2.75) is 31.9 Å². The van der Waals surface area contributed by atoms with Gasteiger partial charge in [-0.25, -0.2) is 9.97 Å². The van der Waals surface area contributed by atoms with Crippen LogP contribution in [-0.4, -0.2) is 41.9 Å². The quantitative estimate of drug-likeness (QED) is 0.865. The molecule has 126 valence electrons. The van der Waals surface area contributed by atoms with Gasteiger partial charge in [-0.05, 0) is 43.9 Å². The van der Waals surface area contributed by atoms with Crippen LogP contribution in [0.4, 0.5) is 5.82 Å². The zero-order valence-corrected chi connectivity index (χ0v) is 14.0. The van der Waals surface area contributed by atoms with Gasteiger partial charge in [-0.15, -0.1) is 0 Å². The Morgan fingerprint density at radius 3 is 3.00 bits per heavy atom. The second-order valence-electron chi connectivity index (χ2n) is 6.62. The molecule has 0 bridgehead atoms. The maximum Gasteiger partial charge on any atom is 0.213 e. The van der Waals surface area contributed by atoms with E-state index >= 15 is 0 Å². The van der Waals surface area contributed by atoms with Crippen molar-refractivity contribution in [1.82, 2.24) is 9.97 Å². The first-order valence-corrected chi connectivity index (χ1v) is 8.65. The summed E-state index contributed by atoms with van der Waals surface area (Å²) in [6.07, 6.45) is 4.16. The summed E-state index contributed by atoms with van der Waals surface area (Å²) in [6, 6.07) is 12.4. The monoisotopic (exact) mass is 325 g/mol. The van der Waals surface area contributed by atoms with E-state index in [1.807, 2.05) is 31.2 Å². The molecule has 3 heterocycles. The highest BCUT2D eigenvalue weighted by molar-refractivity contribution is 5.42. The standard InChI is InChI=1S/C19H23N3O2/c1-14-5-4-6-18(21-14)22-9-10-23-17-12-15(11-16(17)22)13-24-19-7-2-3-8-20-19/h2-8,15-17H,9-13H2,1H3. The van der Waals surface area contributed by atoms with Gasteiger partial charge in [0.15, 0.2) is 0 Å². The molecule has 0 N–H and O–H groups in total. The third kappa shape index (κ3) is 3.22. The number of pyridine rings is 2. The van der Waals surface area contributed by atoms with Crippen molar-refractivity contribution in [3.8, 4) is 5.88 Å². The molecule has 0 amide bonds. The number of anilines is 1. The molecule has 2 aliphatic rings. The van der Waals surface area contributed by atoms with Gasteiger partial charge in [0.05, 0.1) is 25.4 Å². The third-order valence-electron chi connectivity index (χ3n) is 4.91. The van der Waals surface area contributed by atoms with Crippen LogP contribution in [0.3, 0.4) is 0 Å². The molecule has 24 heavy (non-hydrogen) atoms. The largest absolute Gasteiger partial charge is 0.477 e. The Bertz CT molecular complexity index is 679. The molecule has 2 aromatic rings. The highest BCUT2D eigenvalue weighted by Gasteiger charge is 2.41. The van der Waals surface area contributed by atoms with Crippen LogP contribution >= 0.6 is 0 Å². The molecule has 3 atom stereocenters. The van der Waals surface area contributed by atoms with Crippen LogP contribution in [-0.2, 0) is 4.74 Å². The average Bonchev–Trinajstić information content (AvgIpc) is 3.04. The molecule has 1 aliphatic heterocycles. The summed E-state index contributed by atoms with van der Waals surface area (Å²) in [6.45, 7) is 4.41. The Morgan fingerprint density at radius 1 is 1.21 bits per heavy atom. The fourth-order valence-electron chi connectivity index (χ4n) is 3.80. The normalized spacial score (nSPS) is 26.2. The van der Waals surface area contributed by atoms with Crippen molar-refractivity contribution in [3.63, 3.8) is 0 Å². The Labute approximate surface area is 142 Å². The van der Waals surface area contributed by atoms with Crippen LogP contribution < -0.4 is 9.64 Å². The van der Waals surface area contributed by atoms with Crippen molar-refractivity contribution >= 4 is 5.82 Å². The topological polar surface area (TPSA) is 47.5 Å². The summed E-state index contributed by atoms with van der Waals surface area (Å²) in [7, 11) is 0. The van der Waals surface area contributed by atoms with Crippen LogP contribution in [0.5, 0.6) is 5.88 Å². The fraction of sp³-hybridized carbons (Fsp3) is 0.474. The lowest BCUT2D eigenvalue weighted by molar-refractivity contribution is 0.0230. The summed E-state index contributed by atoms with van der Waals surface area (Å²) in [5.41, 5.74) is 1.06. The van der Waals surface area contributed by atoms with Crippen LogP contribution in [0.25, 0.3) is 0 Å². The van der Waals surface area contributed by atoms with Crippen LogP contribution in [0.1, 0.15) is 18.5 Å². The zero-order chi connectivity index (χ0) is 16.4. The molecule has 2 fully saturated rings. The summed E-state index contributed by atoms with van der Waals surface area (Å²) in [5.74, 6) is 2.26. The third-order valence-corrected chi connectivity index (χ3v) is 4.91. The second-order valence-corrected chi connectivity index (χ2v) is 6.62. The van der Waals surface area contributed by atoms with Gasteiger partial charge in [0.25, 0.3) is 0 Å². The van der Waals surface area contributed by atoms with Crippen molar-refractivity contribution in [2.24, 2.45) is 5.92 Å². The van der Waals surface area contributed by atoms with Crippen molar-refractivity contribution in [2.75, 3.05) is 24.7 Å². The van der Waals surface area contributed by atoms with Crippen molar-refractivity contribution in [1.29, 1.82) is 0 Å². The number of rotatable bonds is 4. The molecule has 2 aromatic heterocycles. The van der Waals surface area contributed by atoms with Gasteiger partial charge in [-0.1, -0.05) is 12.1 Å². The fourth-order valence-corrected chi connectivity index (χ4v) is 3.80. The summed E-state index contributed by atoms with van der Waals surface area (Å²) >= 11 is 0. The Hall–Kier alpha value is -2.14. The predicted octanol–water partition coefficient (Wildman–Crippen LogP) is 2.85. The number of aromatic nitrogens is 2. The molecular formula is C19H23N3O2. The zero-order valence-electron chi connectivity index (χ0n) is 14.0. The van der Waals surface area contributed by atoms with Gasteiger partial charge in [0.1, 0.15) is 5.82 Å². The molecule has 0 spiro atoms. The Kier molecular flexibility index (Phi) is 4.34. The maximum atomic E-state index is 6.03. The number of aryl methyl sites for hydroxylation is 1. The van der Waals surface area contributed by atoms with E-state index in [9.17, 15) is 0 Å². The van der Waals surface area contributed by atoms with E-state index in [-0.39, 0.29) is 6.10 Å². The minimum atomic E-state index is 0.276. The van der Waals surface area contributed by atoms with Crippen molar-refractivity contribution < 1.29 is 9.47 Å². The van der Waals surface area contributed by atoms with Gasteiger partial charge in [0, 0.05) is 24.5 Å². The molecule has 4 rings (SSSR count). The minimum Gasteiger partial charge on any atom is -0.477 e. The number of fused-ring (bicyclic) bond motifs is 1. The number of morpholine rings is 1. The van der Waals surface area contributed by atoms with E-state index in [4.69, 9.17) is 14.5 Å². The Balaban J connectivity index is 1.42. The lowest BCUT2D eigenvalue weighted by Crippen LogP contribution is -2.49. The number of hydrogen-bond acceptors (Lipinski definition) is 5. The molecule has 5 heteroatoms. The first kappa shape index (κ1) is 15.4. The van der Waals surface area contributed by atoms with Crippen molar-refractivity contribution in [3.05, 3.63) is 48.3 Å². The summed E-state index contributed by atoms with van der Waals surface area (Å²) in [5, 5.41) is 0. The van der Waals surface area contributed by atoms with E-state index in [1.165, 1.54) is 0 Å². The van der Waals surface area contributed by atoms with Crippen LogP contribution in [0, 0.1) is 12.8 Å². The predicted molar refractivity (Wildman–Crippen MR) is 92.3 cm³/mol. The lowest BCUT2D eigenvalue weighted by atomic mass is 10.1. The first-order valence-electron chi connectivity index (χ1n) is 8.65. The highest BCUT2D eigenvalue weighted by atomic mass is 16.5. The second kappa shape index (κ2) is 6.77. The van der Waals surface area contributed by atoms with Gasteiger partial charge in [-0.2, -0.15) is 0 Å². The molecular weight excluding hydrogens is 302 g/mol. The number of ether oxygens (including phenoxy) is 2. The minimum absolute atomic E-state index is 0.276. The van der Waals surface area contributed by atoms with Gasteiger partial charge in [0.2, 0.25) is 5.88 Å². The lowest BCUT2D eigenvalue weighted by Gasteiger charge is -2.38. The molecule has 5 nitrogen and oxygen atoms in total. The highest BCUT2D eigenvalue weighted by Crippen LogP contribution is 2.36. The van der Waals surface area contributed by atoms with Gasteiger partial charge in [-0.3, -0.25) is 0 Å². The van der Waals surface area contributed by atoms with E-state index in [1.54, 1.807) is 6.20 Å². The van der Waals surface area contributed by atoms with Gasteiger partial charge < -0.3 is 14.4 Å². The van der Waals surface area contributed by atoms with E-state index < -0.39 is 0 Å². The molecule has 1 saturated heterocycles. The van der Waals surface area contributed by atoms with Crippen LogP contribution in [0.2, 0.25) is 0 Å². The SMILES string of the molecule is Cc1cccc(N2CCOC3CC(COc4ccccn4)CC32)n1. The molecule has 3 unspecified atom stereocenters. The number of nitrogens with zero attached hydrogens (tertiary/aromatic N) is 3. The molecule has 0 radical (unpaired) electrons. The Morgan fingerprint density at radius 2 is 2.17 bits per heavy atom.